The van der Waals surface area contributed by atoms with Gasteiger partial charge in [-0.2, -0.15) is 8.42 Å². The van der Waals surface area contributed by atoms with Crippen molar-refractivity contribution in [1.29, 1.82) is 0 Å². The fourth-order valence-corrected chi connectivity index (χ4v) is 2.45. The van der Waals surface area contributed by atoms with Crippen LogP contribution in [0.2, 0.25) is 0 Å². The van der Waals surface area contributed by atoms with E-state index in [2.05, 4.69) is 28.1 Å². The van der Waals surface area contributed by atoms with Crippen molar-refractivity contribution >= 4 is 16.2 Å². The van der Waals surface area contributed by atoms with Crippen LogP contribution in [-0.2, 0) is 15.2 Å². The Hall–Kier alpha value is -0.540. The maximum atomic E-state index is 11.8. The number of ketones is 1. The zero-order valence-electron chi connectivity index (χ0n) is 17.1. The number of nitrogens with two attached hydrogens (primary N) is 1. The lowest BCUT2D eigenvalue weighted by molar-refractivity contribution is -0.896. The van der Waals surface area contributed by atoms with Crippen molar-refractivity contribution in [3.8, 4) is 0 Å². The summed E-state index contributed by atoms with van der Waals surface area (Å²) in [5.74, 6) is 0.391. The van der Waals surface area contributed by atoms with Gasteiger partial charge in [0.05, 0.1) is 21.1 Å². The quantitative estimate of drug-likeness (QED) is 0.178. The van der Waals surface area contributed by atoms with E-state index in [9.17, 15) is 4.79 Å². The summed E-state index contributed by atoms with van der Waals surface area (Å²) in [6.45, 7) is 2.25. The molecule has 0 aromatic rings. The topological polar surface area (TPSA) is 118 Å². The molecule has 0 fully saturated rings. The molecule has 0 saturated heterocycles. The van der Waals surface area contributed by atoms with Gasteiger partial charge < -0.3 is 4.48 Å². The number of hydrogen-bond acceptors (Lipinski definition) is 4. The highest BCUT2D eigenvalue weighted by Gasteiger charge is 2.19. The summed E-state index contributed by atoms with van der Waals surface area (Å²) in [6.07, 6.45) is 14.0. The lowest BCUT2D eigenvalue weighted by Crippen LogP contribution is -2.50. The molecule has 0 aromatic heterocycles. The maximum Gasteiger partial charge on any atom is 0.394 e. The van der Waals surface area contributed by atoms with Crippen molar-refractivity contribution in [2.75, 3.05) is 21.1 Å². The first-order valence-corrected chi connectivity index (χ1v) is 11.1. The van der Waals surface area contributed by atoms with E-state index in [1.54, 1.807) is 0 Å². The largest absolute Gasteiger partial charge is 0.394 e. The molecule has 0 aliphatic heterocycles. The first-order valence-electron chi connectivity index (χ1n) is 9.66. The van der Waals surface area contributed by atoms with E-state index in [0.717, 1.165) is 23.7 Å². The van der Waals surface area contributed by atoms with Gasteiger partial charge >= 0.3 is 10.4 Å². The van der Waals surface area contributed by atoms with Gasteiger partial charge in [-0.15, -0.1) is 0 Å². The summed E-state index contributed by atoms with van der Waals surface area (Å²) in [5, 5.41) is 0. The fourth-order valence-electron chi connectivity index (χ4n) is 2.45. The molecule has 0 heterocycles. The molecule has 0 bridgehead atoms. The zero-order valence-corrected chi connectivity index (χ0v) is 17.9. The van der Waals surface area contributed by atoms with Crippen molar-refractivity contribution in [3.63, 3.8) is 0 Å². The lowest BCUT2D eigenvalue weighted by atomic mass is 10.0. The highest BCUT2D eigenvalue weighted by molar-refractivity contribution is 7.79. The Morgan fingerprint density at radius 1 is 0.885 bits per heavy atom. The van der Waals surface area contributed by atoms with Crippen LogP contribution in [0.3, 0.4) is 0 Å². The summed E-state index contributed by atoms with van der Waals surface area (Å²) in [6, 6.07) is 0. The minimum Gasteiger partial charge on any atom is -0.316 e. The third-order valence-corrected chi connectivity index (χ3v) is 4.27. The van der Waals surface area contributed by atoms with Crippen molar-refractivity contribution in [3.05, 3.63) is 0 Å². The summed E-state index contributed by atoms with van der Waals surface area (Å²) in [5.41, 5.74) is 6.06. The number of rotatable bonds is 14. The number of hydrogen-bond donors (Lipinski definition) is 3. The molecule has 158 valence electrons. The molecular weight excluding hydrogens is 356 g/mol. The average Bonchev–Trinajstić information content (AvgIpc) is 2.48. The maximum absolute atomic E-state index is 11.8. The molecule has 0 rings (SSSR count). The third-order valence-electron chi connectivity index (χ3n) is 4.27. The Morgan fingerprint density at radius 3 is 1.65 bits per heavy atom. The van der Waals surface area contributed by atoms with Crippen LogP contribution >= 0.6 is 0 Å². The summed E-state index contributed by atoms with van der Waals surface area (Å²) >= 11 is 0. The normalized spacial score (nSPS) is 13.0. The predicted octanol–water partition coefficient (Wildman–Crippen LogP) is 3.59. The first-order chi connectivity index (χ1) is 11.9. The molecule has 0 amide bonds. The van der Waals surface area contributed by atoms with E-state index < -0.39 is 10.4 Å². The monoisotopic (exact) mass is 397 g/mol. The van der Waals surface area contributed by atoms with E-state index in [1.165, 1.54) is 51.4 Å². The van der Waals surface area contributed by atoms with Gasteiger partial charge in [-0.3, -0.25) is 19.6 Å². The van der Waals surface area contributed by atoms with Crippen LogP contribution in [0.4, 0.5) is 0 Å². The minimum atomic E-state index is -4.67. The van der Waals surface area contributed by atoms with Crippen molar-refractivity contribution in [2.24, 2.45) is 5.73 Å². The van der Waals surface area contributed by atoms with Gasteiger partial charge in [-0.1, -0.05) is 58.3 Å². The van der Waals surface area contributed by atoms with Gasteiger partial charge in [0.1, 0.15) is 11.9 Å². The molecule has 0 aromatic carbocycles. The number of unbranched alkanes of at least 4 members (excludes halogenated alkanes) is 8. The van der Waals surface area contributed by atoms with Gasteiger partial charge in [0.15, 0.2) is 0 Å². The second kappa shape index (κ2) is 15.5. The standard InChI is InChI=1S/C18H39N2O.H2O4S/c1-5-6-7-8-9-10-11-12-13-14-17(21)15-16-18(19)20(2,3)4;1-5(2,3)4/h18H,5-16,19H2,1-4H3;(H2,1,2,3,4)/q+1;. The van der Waals surface area contributed by atoms with Gasteiger partial charge in [0.2, 0.25) is 0 Å². The van der Waals surface area contributed by atoms with E-state index in [4.69, 9.17) is 23.3 Å². The molecule has 8 heteroatoms. The number of quaternary nitrogens is 1. The van der Waals surface area contributed by atoms with Crippen molar-refractivity contribution < 1.29 is 26.8 Å². The molecule has 26 heavy (non-hydrogen) atoms. The second-order valence-corrected chi connectivity index (χ2v) is 8.68. The van der Waals surface area contributed by atoms with E-state index in [1.807, 2.05) is 0 Å². The number of Topliss-reactive ketones (excluding diaryl/α,β-unsaturated/α-hetero) is 1. The van der Waals surface area contributed by atoms with Crippen molar-refractivity contribution in [1.82, 2.24) is 0 Å². The number of carbonyl (C=O) groups is 1. The molecule has 1 unspecified atom stereocenters. The second-order valence-electron chi connectivity index (χ2n) is 7.79. The predicted molar refractivity (Wildman–Crippen MR) is 106 cm³/mol. The third kappa shape index (κ3) is 25.7. The van der Waals surface area contributed by atoms with Crippen LogP contribution in [0, 0.1) is 0 Å². The van der Waals surface area contributed by atoms with Gasteiger partial charge in [-0.05, 0) is 6.42 Å². The Morgan fingerprint density at radius 2 is 1.27 bits per heavy atom. The Kier molecular flexibility index (Phi) is 16.5. The van der Waals surface area contributed by atoms with Gasteiger partial charge in [0.25, 0.3) is 0 Å². The summed E-state index contributed by atoms with van der Waals surface area (Å²) in [7, 11) is 1.57. The van der Waals surface area contributed by atoms with Gasteiger partial charge in [0, 0.05) is 19.3 Å². The fraction of sp³-hybridized carbons (Fsp3) is 0.944. The summed E-state index contributed by atoms with van der Waals surface area (Å²) in [4.78, 5) is 11.8. The van der Waals surface area contributed by atoms with Crippen LogP contribution < -0.4 is 5.73 Å². The Balaban J connectivity index is 0. The Labute approximate surface area is 160 Å². The van der Waals surface area contributed by atoms with E-state index in [-0.39, 0.29) is 6.17 Å². The smallest absolute Gasteiger partial charge is 0.316 e. The zero-order chi connectivity index (χ0) is 20.6. The molecule has 0 aliphatic rings. The van der Waals surface area contributed by atoms with Crippen molar-refractivity contribution in [2.45, 2.75) is 90.1 Å². The molecule has 0 saturated carbocycles. The summed E-state index contributed by atoms with van der Waals surface area (Å²) < 4.78 is 32.3. The molecule has 4 N–H and O–H groups in total. The highest BCUT2D eigenvalue weighted by atomic mass is 32.3. The van der Waals surface area contributed by atoms with E-state index in [0.29, 0.717) is 12.2 Å². The first kappa shape index (κ1) is 27.7. The van der Waals surface area contributed by atoms with Crippen LogP contribution in [0.1, 0.15) is 84.0 Å². The lowest BCUT2D eigenvalue weighted by Gasteiger charge is -2.30. The molecule has 1 atom stereocenters. The van der Waals surface area contributed by atoms with Crippen LogP contribution in [0.15, 0.2) is 0 Å². The molecule has 0 aliphatic carbocycles. The molecule has 0 spiro atoms. The van der Waals surface area contributed by atoms with Crippen LogP contribution in [0.5, 0.6) is 0 Å². The van der Waals surface area contributed by atoms with Gasteiger partial charge in [-0.25, -0.2) is 0 Å². The molecule has 7 nitrogen and oxygen atoms in total. The molecular formula is C18H41N2O5S+. The number of nitrogens with zero attached hydrogens (tertiary/aromatic N) is 1. The molecule has 0 radical (unpaired) electrons. The van der Waals surface area contributed by atoms with E-state index >= 15 is 0 Å². The number of carbonyl (C=O) groups excluding carboxylic acids is 1. The average molecular weight is 398 g/mol. The minimum absolute atomic E-state index is 0.0667. The van der Waals surface area contributed by atoms with Crippen LogP contribution in [-0.4, -0.2) is 55.1 Å². The SMILES string of the molecule is CCCCCCCCCCCC(=O)CCC(N)[N+](C)(C)C.O=S(=O)(O)O. The highest BCUT2D eigenvalue weighted by Crippen LogP contribution is 2.12. The van der Waals surface area contributed by atoms with Crippen LogP contribution in [0.25, 0.3) is 0 Å². The Bertz CT molecular complexity index is 439.